The van der Waals surface area contributed by atoms with E-state index in [1.807, 2.05) is 4.90 Å². The Kier molecular flexibility index (Phi) is 3.44. The number of nitrogens with one attached hydrogen (secondary N) is 1. The number of fused-ring (bicyclic) bond motifs is 3. The van der Waals surface area contributed by atoms with E-state index in [1.54, 1.807) is 0 Å². The Hall–Kier alpha value is -2.35. The average Bonchev–Trinajstić information content (AvgIpc) is 3.18. The minimum atomic E-state index is -0.837. The summed E-state index contributed by atoms with van der Waals surface area (Å²) in [6, 6.07) is 1.07. The van der Waals surface area contributed by atoms with Gasteiger partial charge in [0.25, 0.3) is 0 Å². The van der Waals surface area contributed by atoms with E-state index in [9.17, 15) is 18.4 Å². The lowest BCUT2D eigenvalue weighted by atomic mass is 9.84. The summed E-state index contributed by atoms with van der Waals surface area (Å²) in [5, 5.41) is 7.36. The number of hydrogen-bond donors (Lipinski definition) is 2. The fourth-order valence-corrected chi connectivity index (χ4v) is 4.72. The van der Waals surface area contributed by atoms with Gasteiger partial charge in [0.2, 0.25) is 11.8 Å². The van der Waals surface area contributed by atoms with Crippen LogP contribution in [-0.2, 0) is 9.59 Å². The second-order valence-electron chi connectivity index (χ2n) is 6.95. The van der Waals surface area contributed by atoms with Gasteiger partial charge in [0.1, 0.15) is 17.5 Å². The highest BCUT2D eigenvalue weighted by atomic mass is 19.1. The van der Waals surface area contributed by atoms with Crippen molar-refractivity contribution in [1.29, 1.82) is 5.41 Å². The Morgan fingerprint density at radius 1 is 1.20 bits per heavy atom. The molecule has 0 aliphatic carbocycles. The van der Waals surface area contributed by atoms with E-state index in [-0.39, 0.29) is 29.0 Å². The first-order chi connectivity index (χ1) is 11.8. The summed E-state index contributed by atoms with van der Waals surface area (Å²) in [5.74, 6) is -4.07. The van der Waals surface area contributed by atoms with Crippen LogP contribution in [0.3, 0.4) is 0 Å². The Morgan fingerprint density at radius 3 is 2.40 bits per heavy atom. The van der Waals surface area contributed by atoms with Gasteiger partial charge in [0.15, 0.2) is 0 Å². The SMILES string of the molecule is CN1C(=O)[C@@H]2[C@H](C1=O)[C@H]1CCCN1[C@@H]2c1c(F)cc(C(=N)N)cc1F. The molecule has 3 aliphatic rings. The van der Waals surface area contributed by atoms with Crippen molar-refractivity contribution in [3.05, 3.63) is 34.9 Å². The molecule has 3 saturated heterocycles. The van der Waals surface area contributed by atoms with Gasteiger partial charge in [-0.05, 0) is 31.5 Å². The van der Waals surface area contributed by atoms with Crippen LogP contribution in [0.15, 0.2) is 12.1 Å². The molecule has 0 aromatic heterocycles. The first-order valence-electron chi connectivity index (χ1n) is 8.23. The third kappa shape index (κ3) is 2.06. The summed E-state index contributed by atoms with van der Waals surface area (Å²) in [6.07, 6.45) is 1.56. The van der Waals surface area contributed by atoms with E-state index >= 15 is 0 Å². The molecule has 0 saturated carbocycles. The molecule has 3 fully saturated rings. The van der Waals surface area contributed by atoms with Crippen LogP contribution in [0.5, 0.6) is 0 Å². The number of amides is 2. The van der Waals surface area contributed by atoms with E-state index in [1.165, 1.54) is 7.05 Å². The third-order valence-corrected chi connectivity index (χ3v) is 5.76. The summed E-state index contributed by atoms with van der Waals surface area (Å²) in [4.78, 5) is 28.0. The van der Waals surface area contributed by atoms with Crippen molar-refractivity contribution in [1.82, 2.24) is 9.80 Å². The molecule has 0 spiro atoms. The smallest absolute Gasteiger partial charge is 0.234 e. The van der Waals surface area contributed by atoms with Crippen LogP contribution in [0.2, 0.25) is 0 Å². The second kappa shape index (κ2) is 5.32. The van der Waals surface area contributed by atoms with Gasteiger partial charge in [0, 0.05) is 24.2 Å². The highest BCUT2D eigenvalue weighted by molar-refractivity contribution is 6.06. The molecule has 1 aromatic rings. The lowest BCUT2D eigenvalue weighted by Crippen LogP contribution is -2.37. The van der Waals surface area contributed by atoms with Crippen molar-refractivity contribution >= 4 is 17.6 Å². The van der Waals surface area contributed by atoms with Gasteiger partial charge >= 0.3 is 0 Å². The van der Waals surface area contributed by atoms with Crippen molar-refractivity contribution in [3.8, 4) is 0 Å². The monoisotopic (exact) mass is 348 g/mol. The van der Waals surface area contributed by atoms with E-state index in [0.717, 1.165) is 29.9 Å². The number of rotatable bonds is 2. The normalized spacial score (nSPS) is 31.6. The molecule has 6 nitrogen and oxygen atoms in total. The van der Waals surface area contributed by atoms with Crippen molar-refractivity contribution in [2.75, 3.05) is 13.6 Å². The van der Waals surface area contributed by atoms with E-state index in [0.29, 0.717) is 6.54 Å². The van der Waals surface area contributed by atoms with Crippen LogP contribution in [0.1, 0.15) is 30.0 Å². The number of amidine groups is 1. The molecular weight excluding hydrogens is 330 g/mol. The molecular formula is C17H18F2N4O2. The largest absolute Gasteiger partial charge is 0.384 e. The highest BCUT2D eigenvalue weighted by Gasteiger charge is 2.63. The minimum Gasteiger partial charge on any atom is -0.384 e. The van der Waals surface area contributed by atoms with Gasteiger partial charge in [-0.3, -0.25) is 24.8 Å². The summed E-state index contributed by atoms with van der Waals surface area (Å²) in [6.45, 7) is 0.597. The average molecular weight is 348 g/mol. The molecule has 3 N–H and O–H groups in total. The zero-order chi connectivity index (χ0) is 18.0. The van der Waals surface area contributed by atoms with Crippen molar-refractivity contribution in [2.45, 2.75) is 24.9 Å². The van der Waals surface area contributed by atoms with Gasteiger partial charge in [-0.2, -0.15) is 0 Å². The zero-order valence-electron chi connectivity index (χ0n) is 13.6. The molecule has 0 unspecified atom stereocenters. The Balaban J connectivity index is 1.86. The number of imide groups is 1. The number of halogens is 2. The zero-order valence-corrected chi connectivity index (χ0v) is 13.6. The molecule has 4 rings (SSSR count). The number of nitrogens with zero attached hydrogens (tertiary/aromatic N) is 2. The maximum atomic E-state index is 14.7. The Bertz CT molecular complexity index is 789. The lowest BCUT2D eigenvalue weighted by Gasteiger charge is -2.28. The number of likely N-dealkylation sites (tertiary alicyclic amines) is 1. The van der Waals surface area contributed by atoms with Crippen LogP contribution in [0.4, 0.5) is 8.78 Å². The van der Waals surface area contributed by atoms with Crippen LogP contribution < -0.4 is 5.73 Å². The van der Waals surface area contributed by atoms with Gasteiger partial charge in [0.05, 0.1) is 17.9 Å². The number of nitrogens with two attached hydrogens (primary N) is 1. The van der Waals surface area contributed by atoms with Gasteiger partial charge in [-0.25, -0.2) is 8.78 Å². The van der Waals surface area contributed by atoms with Gasteiger partial charge in [-0.1, -0.05) is 0 Å². The summed E-state index contributed by atoms with van der Waals surface area (Å²) < 4.78 is 29.5. The molecule has 8 heteroatoms. The predicted octanol–water partition coefficient (Wildman–Crippen LogP) is 0.999. The fraction of sp³-hybridized carbons (Fsp3) is 0.471. The number of carbonyl (C=O) groups excluding carboxylic acids is 2. The molecule has 1 aromatic carbocycles. The van der Waals surface area contributed by atoms with Crippen LogP contribution in [0, 0.1) is 28.9 Å². The van der Waals surface area contributed by atoms with E-state index in [2.05, 4.69) is 0 Å². The molecule has 4 atom stereocenters. The second-order valence-corrected chi connectivity index (χ2v) is 6.95. The number of hydrogen-bond acceptors (Lipinski definition) is 4. The Labute approximate surface area is 143 Å². The van der Waals surface area contributed by atoms with Crippen LogP contribution in [0.25, 0.3) is 0 Å². The number of nitrogen functional groups attached to an aromatic ring is 1. The maximum absolute atomic E-state index is 14.7. The Morgan fingerprint density at radius 2 is 1.80 bits per heavy atom. The third-order valence-electron chi connectivity index (χ3n) is 5.76. The maximum Gasteiger partial charge on any atom is 0.234 e. The number of carbonyl (C=O) groups is 2. The predicted molar refractivity (Wildman–Crippen MR) is 84.6 cm³/mol. The quantitative estimate of drug-likeness (QED) is 0.474. The molecule has 0 radical (unpaired) electrons. The summed E-state index contributed by atoms with van der Waals surface area (Å²) >= 11 is 0. The fourth-order valence-electron chi connectivity index (χ4n) is 4.72. The molecule has 3 heterocycles. The summed E-state index contributed by atoms with van der Waals surface area (Å²) in [7, 11) is 1.42. The van der Waals surface area contributed by atoms with E-state index in [4.69, 9.17) is 11.1 Å². The van der Waals surface area contributed by atoms with Gasteiger partial charge in [-0.15, -0.1) is 0 Å². The molecule has 3 aliphatic heterocycles. The summed E-state index contributed by atoms with van der Waals surface area (Å²) in [5.41, 5.74) is 5.07. The van der Waals surface area contributed by atoms with Crippen molar-refractivity contribution < 1.29 is 18.4 Å². The molecule has 132 valence electrons. The lowest BCUT2D eigenvalue weighted by molar-refractivity contribution is -0.139. The molecule has 25 heavy (non-hydrogen) atoms. The standard InChI is InChI=1S/C17H18F2N4O2/c1-22-16(24)12-10-3-2-4-23(10)14(13(12)17(22)25)11-8(18)5-7(15(20)21)6-9(11)19/h5-6,10,12-14H,2-4H2,1H3,(H3,20,21)/t10-,12-,13-,14-/m1/s1. The number of benzene rings is 1. The first-order valence-corrected chi connectivity index (χ1v) is 8.23. The molecule has 0 bridgehead atoms. The highest BCUT2D eigenvalue weighted by Crippen LogP contribution is 2.53. The first kappa shape index (κ1) is 16.1. The van der Waals surface area contributed by atoms with Gasteiger partial charge < -0.3 is 5.73 Å². The molecule has 2 amide bonds. The van der Waals surface area contributed by atoms with Crippen LogP contribution >= 0.6 is 0 Å². The van der Waals surface area contributed by atoms with Crippen molar-refractivity contribution in [2.24, 2.45) is 17.6 Å². The topological polar surface area (TPSA) is 90.5 Å². The minimum absolute atomic E-state index is 0.0442. The van der Waals surface area contributed by atoms with Crippen molar-refractivity contribution in [3.63, 3.8) is 0 Å². The van der Waals surface area contributed by atoms with E-state index < -0.39 is 35.3 Å². The van der Waals surface area contributed by atoms with Crippen LogP contribution in [-0.4, -0.2) is 47.1 Å².